The van der Waals surface area contributed by atoms with E-state index in [2.05, 4.69) is 30.8 Å². The minimum atomic E-state index is -0.524. The van der Waals surface area contributed by atoms with Crippen LogP contribution in [0.2, 0.25) is 0 Å². The van der Waals surface area contributed by atoms with Crippen LogP contribution in [0.15, 0.2) is 47.2 Å². The zero-order valence-corrected chi connectivity index (χ0v) is 12.6. The number of hydrogen-bond donors (Lipinski definition) is 1. The van der Waals surface area contributed by atoms with Gasteiger partial charge >= 0.3 is 0 Å². The first-order valence-electron chi connectivity index (χ1n) is 6.71. The van der Waals surface area contributed by atoms with Crippen LogP contribution in [-0.2, 0) is 0 Å². The van der Waals surface area contributed by atoms with E-state index < -0.39 is 6.10 Å². The number of aliphatic hydroxyl groups excluding tert-OH is 1. The second-order valence-electron chi connectivity index (χ2n) is 5.01. The summed E-state index contributed by atoms with van der Waals surface area (Å²) in [5.41, 5.74) is 0.926. The molecule has 0 spiro atoms. The van der Waals surface area contributed by atoms with Crippen LogP contribution < -0.4 is 4.90 Å². The predicted molar refractivity (Wildman–Crippen MR) is 81.5 cm³/mol. The van der Waals surface area contributed by atoms with Crippen molar-refractivity contribution >= 4 is 21.9 Å². The molecule has 0 amide bonds. The highest BCUT2D eigenvalue weighted by molar-refractivity contribution is 9.10. The minimum absolute atomic E-state index is 0.453. The van der Waals surface area contributed by atoms with Gasteiger partial charge in [-0.2, -0.15) is 0 Å². The second kappa shape index (κ2) is 5.89. The van der Waals surface area contributed by atoms with Crippen molar-refractivity contribution in [3.8, 4) is 0 Å². The molecule has 0 radical (unpaired) electrons. The maximum Gasteiger partial charge on any atom is 0.225 e. The number of anilines is 1. The number of halogens is 1. The fourth-order valence-corrected chi connectivity index (χ4v) is 2.41. The van der Waals surface area contributed by atoms with Crippen LogP contribution in [0.3, 0.4) is 0 Å². The SMILES string of the molecule is OC(CN(c1ncc(Br)cn1)C1CC1)c1ccccc1. The molecule has 3 rings (SSSR count). The molecule has 1 unspecified atom stereocenters. The summed E-state index contributed by atoms with van der Waals surface area (Å²) < 4.78 is 0.862. The van der Waals surface area contributed by atoms with Crippen molar-refractivity contribution in [3.05, 3.63) is 52.8 Å². The zero-order chi connectivity index (χ0) is 13.9. The molecule has 1 N–H and O–H groups in total. The van der Waals surface area contributed by atoms with Gasteiger partial charge in [0.2, 0.25) is 5.95 Å². The van der Waals surface area contributed by atoms with Crippen LogP contribution in [-0.4, -0.2) is 27.7 Å². The summed E-state index contributed by atoms with van der Waals surface area (Å²) in [6.45, 7) is 0.524. The summed E-state index contributed by atoms with van der Waals surface area (Å²) in [4.78, 5) is 10.8. The molecule has 1 aromatic heterocycles. The number of aromatic nitrogens is 2. The van der Waals surface area contributed by atoms with Crippen molar-refractivity contribution in [1.82, 2.24) is 9.97 Å². The van der Waals surface area contributed by atoms with Gasteiger partial charge in [-0.05, 0) is 34.3 Å². The summed E-state index contributed by atoms with van der Waals surface area (Å²) in [6, 6.07) is 10.2. The third-order valence-corrected chi connectivity index (χ3v) is 3.81. The highest BCUT2D eigenvalue weighted by Crippen LogP contribution is 2.31. The van der Waals surface area contributed by atoms with Crippen molar-refractivity contribution in [1.29, 1.82) is 0 Å². The molecule has 1 fully saturated rings. The van der Waals surface area contributed by atoms with Crippen LogP contribution >= 0.6 is 15.9 Å². The van der Waals surface area contributed by atoms with Crippen LogP contribution in [0.1, 0.15) is 24.5 Å². The summed E-state index contributed by atoms with van der Waals surface area (Å²) in [5, 5.41) is 10.4. The van der Waals surface area contributed by atoms with E-state index in [1.807, 2.05) is 30.3 Å². The molecule has 0 bridgehead atoms. The Kier molecular flexibility index (Phi) is 3.98. The molecule has 1 atom stereocenters. The van der Waals surface area contributed by atoms with Gasteiger partial charge in [-0.3, -0.25) is 0 Å². The molecule has 5 heteroatoms. The summed E-state index contributed by atoms with van der Waals surface area (Å²) >= 11 is 3.34. The first-order valence-corrected chi connectivity index (χ1v) is 7.50. The first kappa shape index (κ1) is 13.5. The number of hydrogen-bond acceptors (Lipinski definition) is 4. The smallest absolute Gasteiger partial charge is 0.225 e. The fourth-order valence-electron chi connectivity index (χ4n) is 2.20. The fraction of sp³-hybridized carbons (Fsp3) is 0.333. The van der Waals surface area contributed by atoms with Crippen LogP contribution in [0.5, 0.6) is 0 Å². The number of nitrogens with zero attached hydrogens (tertiary/aromatic N) is 3. The third-order valence-electron chi connectivity index (χ3n) is 3.41. The molecular formula is C15H16BrN3O. The van der Waals surface area contributed by atoms with Crippen molar-refractivity contribution in [2.75, 3.05) is 11.4 Å². The van der Waals surface area contributed by atoms with Crippen molar-refractivity contribution in [2.45, 2.75) is 25.0 Å². The van der Waals surface area contributed by atoms with Crippen molar-refractivity contribution in [3.63, 3.8) is 0 Å². The van der Waals surface area contributed by atoms with Gasteiger partial charge in [0, 0.05) is 18.4 Å². The highest BCUT2D eigenvalue weighted by atomic mass is 79.9. The average molecular weight is 334 g/mol. The normalized spacial score (nSPS) is 15.9. The van der Waals surface area contributed by atoms with E-state index in [1.165, 1.54) is 0 Å². The van der Waals surface area contributed by atoms with Gasteiger partial charge in [-0.25, -0.2) is 9.97 Å². The van der Waals surface area contributed by atoms with Gasteiger partial charge in [-0.15, -0.1) is 0 Å². The Balaban J connectivity index is 1.76. The Hall–Kier alpha value is -1.46. The molecule has 104 valence electrons. The van der Waals surface area contributed by atoms with Crippen LogP contribution in [0.25, 0.3) is 0 Å². The number of rotatable bonds is 5. The van der Waals surface area contributed by atoms with E-state index >= 15 is 0 Å². The van der Waals surface area contributed by atoms with Gasteiger partial charge in [0.15, 0.2) is 0 Å². The summed E-state index contributed by atoms with van der Waals surface area (Å²) in [7, 11) is 0. The first-order chi connectivity index (χ1) is 9.74. The van der Waals surface area contributed by atoms with Gasteiger partial charge in [0.1, 0.15) is 0 Å². The predicted octanol–water partition coefficient (Wildman–Crippen LogP) is 2.94. The summed E-state index contributed by atoms with van der Waals surface area (Å²) in [5.74, 6) is 0.686. The lowest BCUT2D eigenvalue weighted by atomic mass is 10.1. The highest BCUT2D eigenvalue weighted by Gasteiger charge is 2.32. The Morgan fingerprint density at radius 2 is 1.85 bits per heavy atom. The summed E-state index contributed by atoms with van der Waals surface area (Å²) in [6.07, 6.45) is 5.24. The van der Waals surface area contributed by atoms with E-state index in [0.717, 1.165) is 22.9 Å². The number of aliphatic hydroxyl groups is 1. The second-order valence-corrected chi connectivity index (χ2v) is 5.93. The van der Waals surface area contributed by atoms with Gasteiger partial charge in [0.25, 0.3) is 0 Å². The molecule has 4 nitrogen and oxygen atoms in total. The molecular weight excluding hydrogens is 318 g/mol. The van der Waals surface area contributed by atoms with Crippen LogP contribution in [0.4, 0.5) is 5.95 Å². The lowest BCUT2D eigenvalue weighted by molar-refractivity contribution is 0.182. The van der Waals surface area contributed by atoms with Crippen LogP contribution in [0, 0.1) is 0 Å². The topological polar surface area (TPSA) is 49.2 Å². The van der Waals surface area contributed by atoms with E-state index in [4.69, 9.17) is 0 Å². The standard InChI is InChI=1S/C15H16BrN3O/c16-12-8-17-15(18-9-12)19(13-6-7-13)10-14(20)11-4-2-1-3-5-11/h1-5,8-9,13-14,20H,6-7,10H2. The molecule has 1 aliphatic rings. The largest absolute Gasteiger partial charge is 0.387 e. The molecule has 2 aromatic rings. The van der Waals surface area contributed by atoms with Crippen molar-refractivity contribution in [2.24, 2.45) is 0 Å². The Labute approximate surface area is 126 Å². The monoisotopic (exact) mass is 333 g/mol. The van der Waals surface area contributed by atoms with E-state index in [1.54, 1.807) is 12.4 Å². The molecule has 1 heterocycles. The Morgan fingerprint density at radius 3 is 2.45 bits per heavy atom. The lowest BCUT2D eigenvalue weighted by Crippen LogP contribution is -2.32. The maximum atomic E-state index is 10.4. The van der Waals surface area contributed by atoms with E-state index in [-0.39, 0.29) is 0 Å². The molecule has 0 aliphatic heterocycles. The molecule has 1 saturated carbocycles. The molecule has 1 aliphatic carbocycles. The molecule has 1 aromatic carbocycles. The Bertz CT molecular complexity index is 557. The number of benzene rings is 1. The average Bonchev–Trinajstić information content (AvgIpc) is 3.31. The quantitative estimate of drug-likeness (QED) is 0.913. The van der Waals surface area contributed by atoms with Gasteiger partial charge < -0.3 is 10.0 Å². The molecule has 0 saturated heterocycles. The van der Waals surface area contributed by atoms with Gasteiger partial charge in [0.05, 0.1) is 17.1 Å². The zero-order valence-electron chi connectivity index (χ0n) is 11.0. The Morgan fingerprint density at radius 1 is 1.20 bits per heavy atom. The van der Waals surface area contributed by atoms with E-state index in [0.29, 0.717) is 18.5 Å². The van der Waals surface area contributed by atoms with Crippen molar-refractivity contribution < 1.29 is 5.11 Å². The minimum Gasteiger partial charge on any atom is -0.387 e. The van der Waals surface area contributed by atoms with E-state index in [9.17, 15) is 5.11 Å². The molecule has 20 heavy (non-hydrogen) atoms. The lowest BCUT2D eigenvalue weighted by Gasteiger charge is -2.25. The third kappa shape index (κ3) is 3.16. The maximum absolute atomic E-state index is 10.4. The van der Waals surface area contributed by atoms with Gasteiger partial charge in [-0.1, -0.05) is 30.3 Å².